The number of carbonyl (C=O) groups is 2. The number of fused-ring (bicyclic) bond motifs is 1. The SMILES string of the molecule is Cc1c(NC(=O)c2ccc(C(C)(C)C)cc2)cccc1-c1cc(NC(N)=O)c2nccn2c1. The summed E-state index contributed by atoms with van der Waals surface area (Å²) in [4.78, 5) is 28.6. The molecule has 7 heteroatoms. The van der Waals surface area contributed by atoms with Gasteiger partial charge in [-0.05, 0) is 53.3 Å². The predicted molar refractivity (Wildman–Crippen MR) is 132 cm³/mol. The van der Waals surface area contributed by atoms with Gasteiger partial charge in [0, 0.05) is 35.4 Å². The second-order valence-electron chi connectivity index (χ2n) is 9.05. The largest absolute Gasteiger partial charge is 0.351 e. The van der Waals surface area contributed by atoms with E-state index in [9.17, 15) is 9.59 Å². The van der Waals surface area contributed by atoms with E-state index in [2.05, 4.69) is 36.4 Å². The molecular formula is C26H27N5O2. The molecule has 3 amide bonds. The van der Waals surface area contributed by atoms with Crippen LogP contribution in [0, 0.1) is 6.92 Å². The molecule has 0 fully saturated rings. The first kappa shape index (κ1) is 22.1. The lowest BCUT2D eigenvalue weighted by atomic mass is 9.86. The van der Waals surface area contributed by atoms with Crippen molar-refractivity contribution in [2.75, 3.05) is 10.6 Å². The van der Waals surface area contributed by atoms with Crippen LogP contribution in [0.4, 0.5) is 16.2 Å². The fourth-order valence-electron chi connectivity index (χ4n) is 3.80. The third-order valence-corrected chi connectivity index (χ3v) is 5.65. The zero-order valence-electron chi connectivity index (χ0n) is 19.1. The number of nitrogens with zero attached hydrogens (tertiary/aromatic N) is 2. The van der Waals surface area contributed by atoms with Crippen LogP contribution in [-0.4, -0.2) is 21.3 Å². The molecule has 0 bridgehead atoms. The molecule has 7 nitrogen and oxygen atoms in total. The van der Waals surface area contributed by atoms with Gasteiger partial charge in [-0.2, -0.15) is 0 Å². The number of amides is 3. The molecule has 0 aliphatic carbocycles. The van der Waals surface area contributed by atoms with E-state index in [1.807, 2.05) is 66.1 Å². The Morgan fingerprint density at radius 1 is 1.00 bits per heavy atom. The van der Waals surface area contributed by atoms with Crippen molar-refractivity contribution in [2.24, 2.45) is 5.73 Å². The van der Waals surface area contributed by atoms with Gasteiger partial charge in [0.05, 0.1) is 5.69 Å². The molecule has 0 spiro atoms. The van der Waals surface area contributed by atoms with Crippen molar-refractivity contribution >= 4 is 29.0 Å². The zero-order chi connectivity index (χ0) is 23.8. The van der Waals surface area contributed by atoms with Crippen LogP contribution in [0.25, 0.3) is 16.8 Å². The molecule has 4 rings (SSSR count). The number of nitrogens with two attached hydrogens (primary N) is 1. The van der Waals surface area contributed by atoms with Gasteiger partial charge in [-0.15, -0.1) is 0 Å². The molecule has 2 aromatic carbocycles. The van der Waals surface area contributed by atoms with Crippen molar-refractivity contribution in [3.05, 3.63) is 83.8 Å². The first-order valence-electron chi connectivity index (χ1n) is 10.7. The Bertz CT molecular complexity index is 1350. The normalized spacial score (nSPS) is 11.4. The highest BCUT2D eigenvalue weighted by Gasteiger charge is 2.16. The number of primary amides is 1. The minimum absolute atomic E-state index is 0.0263. The van der Waals surface area contributed by atoms with E-state index in [-0.39, 0.29) is 11.3 Å². The smallest absolute Gasteiger partial charge is 0.316 e. The molecule has 4 N–H and O–H groups in total. The van der Waals surface area contributed by atoms with Crippen molar-refractivity contribution in [3.8, 4) is 11.1 Å². The summed E-state index contributed by atoms with van der Waals surface area (Å²) in [5, 5.41) is 5.66. The monoisotopic (exact) mass is 441 g/mol. The Hall–Kier alpha value is -4.13. The molecule has 0 saturated carbocycles. The summed E-state index contributed by atoms with van der Waals surface area (Å²) in [6.07, 6.45) is 5.38. The molecule has 0 saturated heterocycles. The Balaban J connectivity index is 1.66. The number of benzene rings is 2. The van der Waals surface area contributed by atoms with Crippen LogP contribution in [0.2, 0.25) is 0 Å². The lowest BCUT2D eigenvalue weighted by molar-refractivity contribution is 0.102. The fourth-order valence-corrected chi connectivity index (χ4v) is 3.80. The van der Waals surface area contributed by atoms with Crippen molar-refractivity contribution in [2.45, 2.75) is 33.1 Å². The lowest BCUT2D eigenvalue weighted by Crippen LogP contribution is -2.19. The number of hydrogen-bond acceptors (Lipinski definition) is 3. The molecule has 0 aliphatic rings. The second kappa shape index (κ2) is 8.43. The van der Waals surface area contributed by atoms with Crippen LogP contribution >= 0.6 is 0 Å². The molecule has 4 aromatic rings. The standard InChI is InChI=1S/C26H27N5O2/c1-16-20(18-14-22(30-25(27)33)23-28-12-13-31(23)15-18)6-5-7-21(16)29-24(32)17-8-10-19(11-9-17)26(2,3)4/h5-15H,1-4H3,(H,29,32)(H3,27,30,33). The van der Waals surface area contributed by atoms with Gasteiger partial charge in [0.25, 0.3) is 5.91 Å². The van der Waals surface area contributed by atoms with E-state index in [0.717, 1.165) is 16.7 Å². The van der Waals surface area contributed by atoms with Crippen molar-refractivity contribution in [3.63, 3.8) is 0 Å². The van der Waals surface area contributed by atoms with E-state index in [4.69, 9.17) is 5.73 Å². The first-order valence-corrected chi connectivity index (χ1v) is 10.7. The third kappa shape index (κ3) is 4.57. The van der Waals surface area contributed by atoms with Gasteiger partial charge in [-0.1, -0.05) is 45.0 Å². The number of aromatic nitrogens is 2. The minimum Gasteiger partial charge on any atom is -0.351 e. The summed E-state index contributed by atoms with van der Waals surface area (Å²) in [5.74, 6) is -0.170. The second-order valence-corrected chi connectivity index (χ2v) is 9.05. The van der Waals surface area contributed by atoms with E-state index >= 15 is 0 Å². The number of imidazole rings is 1. The van der Waals surface area contributed by atoms with Gasteiger partial charge in [0.15, 0.2) is 5.65 Å². The number of rotatable bonds is 4. The van der Waals surface area contributed by atoms with Crippen molar-refractivity contribution in [1.29, 1.82) is 0 Å². The summed E-state index contributed by atoms with van der Waals surface area (Å²) < 4.78 is 1.82. The van der Waals surface area contributed by atoms with E-state index in [1.165, 1.54) is 5.56 Å². The van der Waals surface area contributed by atoms with Gasteiger partial charge in [0.2, 0.25) is 0 Å². The van der Waals surface area contributed by atoms with E-state index in [0.29, 0.717) is 22.6 Å². The molecule has 2 aromatic heterocycles. The molecule has 168 valence electrons. The summed E-state index contributed by atoms with van der Waals surface area (Å²) >= 11 is 0. The van der Waals surface area contributed by atoms with Crippen LogP contribution in [0.3, 0.4) is 0 Å². The molecule has 2 heterocycles. The molecule has 0 radical (unpaired) electrons. The molecule has 0 aliphatic heterocycles. The van der Waals surface area contributed by atoms with Gasteiger partial charge in [-0.3, -0.25) is 4.79 Å². The molecule has 0 atom stereocenters. The third-order valence-electron chi connectivity index (χ3n) is 5.65. The Morgan fingerprint density at radius 2 is 1.73 bits per heavy atom. The summed E-state index contributed by atoms with van der Waals surface area (Å²) in [5.41, 5.74) is 11.6. The van der Waals surface area contributed by atoms with Gasteiger partial charge in [0.1, 0.15) is 0 Å². The van der Waals surface area contributed by atoms with Gasteiger partial charge >= 0.3 is 6.03 Å². The minimum atomic E-state index is -0.660. The van der Waals surface area contributed by atoms with Crippen LogP contribution in [0.5, 0.6) is 0 Å². The summed E-state index contributed by atoms with van der Waals surface area (Å²) in [7, 11) is 0. The van der Waals surface area contributed by atoms with Crippen LogP contribution in [-0.2, 0) is 5.41 Å². The topological polar surface area (TPSA) is 102 Å². The maximum atomic E-state index is 12.9. The van der Waals surface area contributed by atoms with Gasteiger partial charge in [-0.25, -0.2) is 9.78 Å². The van der Waals surface area contributed by atoms with Crippen molar-refractivity contribution < 1.29 is 9.59 Å². The maximum absolute atomic E-state index is 12.9. The highest BCUT2D eigenvalue weighted by molar-refractivity contribution is 6.05. The fraction of sp³-hybridized carbons (Fsp3) is 0.192. The zero-order valence-corrected chi connectivity index (χ0v) is 19.1. The lowest BCUT2D eigenvalue weighted by Gasteiger charge is -2.19. The van der Waals surface area contributed by atoms with Crippen molar-refractivity contribution in [1.82, 2.24) is 9.38 Å². The first-order chi connectivity index (χ1) is 15.6. The highest BCUT2D eigenvalue weighted by atomic mass is 16.2. The highest BCUT2D eigenvalue weighted by Crippen LogP contribution is 2.32. The Morgan fingerprint density at radius 3 is 2.39 bits per heavy atom. The number of pyridine rings is 1. The molecule has 33 heavy (non-hydrogen) atoms. The maximum Gasteiger partial charge on any atom is 0.316 e. The van der Waals surface area contributed by atoms with Crippen LogP contribution < -0.4 is 16.4 Å². The number of urea groups is 1. The quantitative estimate of drug-likeness (QED) is 0.398. The van der Waals surface area contributed by atoms with E-state index < -0.39 is 6.03 Å². The van der Waals surface area contributed by atoms with E-state index in [1.54, 1.807) is 12.4 Å². The number of carbonyl (C=O) groups excluding carboxylic acids is 2. The molecular weight excluding hydrogens is 414 g/mol. The summed E-state index contributed by atoms with van der Waals surface area (Å²) in [6.45, 7) is 8.38. The van der Waals surface area contributed by atoms with Crippen LogP contribution in [0.15, 0.2) is 67.1 Å². The molecule has 0 unspecified atom stereocenters. The summed E-state index contributed by atoms with van der Waals surface area (Å²) in [6, 6.07) is 14.6. The predicted octanol–water partition coefficient (Wildman–Crippen LogP) is 5.35. The Kier molecular flexibility index (Phi) is 5.64. The van der Waals surface area contributed by atoms with Gasteiger partial charge < -0.3 is 20.8 Å². The Labute approximate surface area is 192 Å². The number of anilines is 2. The van der Waals surface area contributed by atoms with Crippen LogP contribution in [0.1, 0.15) is 42.3 Å². The number of hydrogen-bond donors (Lipinski definition) is 3. The average Bonchev–Trinajstić information content (AvgIpc) is 3.23. The average molecular weight is 442 g/mol. The number of nitrogens with one attached hydrogen (secondary N) is 2.